The second-order valence-corrected chi connectivity index (χ2v) is 8.05. The maximum atomic E-state index is 5.54. The number of fused-ring (bicyclic) bond motifs is 1. The zero-order valence-corrected chi connectivity index (χ0v) is 14.0. The molecular formula is C16H25NOS2. The summed E-state index contributed by atoms with van der Waals surface area (Å²) in [7, 11) is 0. The molecule has 4 heteroatoms. The number of rotatable bonds is 5. The van der Waals surface area contributed by atoms with E-state index in [1.165, 1.54) is 37.2 Å². The van der Waals surface area contributed by atoms with Gasteiger partial charge in [0, 0.05) is 34.8 Å². The van der Waals surface area contributed by atoms with Crippen molar-refractivity contribution in [3.8, 4) is 0 Å². The Morgan fingerprint density at radius 1 is 1.40 bits per heavy atom. The van der Waals surface area contributed by atoms with Crippen LogP contribution < -0.4 is 5.32 Å². The van der Waals surface area contributed by atoms with Gasteiger partial charge in [0.2, 0.25) is 0 Å². The van der Waals surface area contributed by atoms with Crippen LogP contribution in [0, 0.1) is 5.92 Å². The minimum Gasteiger partial charge on any atom is -0.381 e. The largest absolute Gasteiger partial charge is 0.381 e. The van der Waals surface area contributed by atoms with E-state index in [-0.39, 0.29) is 0 Å². The Bertz CT molecular complexity index is 403. The van der Waals surface area contributed by atoms with Crippen LogP contribution in [0.3, 0.4) is 0 Å². The summed E-state index contributed by atoms with van der Waals surface area (Å²) in [5.41, 5.74) is 1.61. The standard InChI is InChI=1S/C16H25NOS2/c1-2-6-17-16(12-3-7-18-8-4-12)15-10-13-11-19-9-5-14(13)20-15/h10,12,16-17H,2-9,11H2,1H3. The number of aryl methyl sites for hydroxylation is 1. The first-order chi connectivity index (χ1) is 9.88. The number of thiophene rings is 1. The Labute approximate surface area is 130 Å². The average molecular weight is 312 g/mol. The third-order valence-electron chi connectivity index (χ3n) is 4.30. The molecule has 1 unspecified atom stereocenters. The van der Waals surface area contributed by atoms with Crippen molar-refractivity contribution in [3.05, 3.63) is 21.4 Å². The summed E-state index contributed by atoms with van der Waals surface area (Å²) in [6.07, 6.45) is 4.90. The van der Waals surface area contributed by atoms with Gasteiger partial charge in [-0.3, -0.25) is 0 Å². The van der Waals surface area contributed by atoms with Crippen LogP contribution in [-0.2, 0) is 16.9 Å². The molecule has 2 nitrogen and oxygen atoms in total. The van der Waals surface area contributed by atoms with E-state index in [0.29, 0.717) is 6.04 Å². The van der Waals surface area contributed by atoms with Gasteiger partial charge in [0.1, 0.15) is 0 Å². The minimum atomic E-state index is 0.555. The molecule has 1 aromatic rings. The number of nitrogens with one attached hydrogen (secondary N) is 1. The molecule has 1 saturated heterocycles. The van der Waals surface area contributed by atoms with E-state index in [9.17, 15) is 0 Å². The van der Waals surface area contributed by atoms with Gasteiger partial charge in [-0.15, -0.1) is 11.3 Å². The van der Waals surface area contributed by atoms with E-state index in [0.717, 1.165) is 25.7 Å². The number of ether oxygens (including phenoxy) is 1. The fourth-order valence-corrected chi connectivity index (χ4v) is 5.72. The minimum absolute atomic E-state index is 0.555. The van der Waals surface area contributed by atoms with Crippen molar-refractivity contribution < 1.29 is 4.74 Å². The van der Waals surface area contributed by atoms with Crippen molar-refractivity contribution in [2.24, 2.45) is 5.92 Å². The van der Waals surface area contributed by atoms with Crippen molar-refractivity contribution in [1.29, 1.82) is 0 Å². The van der Waals surface area contributed by atoms with Gasteiger partial charge in [0.25, 0.3) is 0 Å². The lowest BCUT2D eigenvalue weighted by Crippen LogP contribution is -2.32. The zero-order chi connectivity index (χ0) is 13.8. The highest BCUT2D eigenvalue weighted by Gasteiger charge is 2.27. The highest BCUT2D eigenvalue weighted by Crippen LogP contribution is 2.39. The summed E-state index contributed by atoms with van der Waals surface area (Å²) >= 11 is 4.15. The van der Waals surface area contributed by atoms with E-state index in [2.05, 4.69) is 41.4 Å². The molecule has 20 heavy (non-hydrogen) atoms. The fraction of sp³-hybridized carbons (Fsp3) is 0.750. The number of thioether (sulfide) groups is 1. The van der Waals surface area contributed by atoms with Crippen LogP contribution in [-0.4, -0.2) is 25.5 Å². The van der Waals surface area contributed by atoms with Gasteiger partial charge in [-0.1, -0.05) is 6.92 Å². The van der Waals surface area contributed by atoms with Gasteiger partial charge < -0.3 is 10.1 Å². The van der Waals surface area contributed by atoms with Crippen LogP contribution in [0.25, 0.3) is 0 Å². The molecule has 0 radical (unpaired) electrons. The second kappa shape index (κ2) is 7.30. The molecule has 1 N–H and O–H groups in total. The number of hydrogen-bond donors (Lipinski definition) is 1. The molecule has 1 fully saturated rings. The molecule has 0 spiro atoms. The van der Waals surface area contributed by atoms with Crippen LogP contribution in [0.2, 0.25) is 0 Å². The Balaban J connectivity index is 1.78. The molecule has 112 valence electrons. The van der Waals surface area contributed by atoms with E-state index in [1.807, 2.05) is 0 Å². The Hall–Kier alpha value is -0.0300. The molecule has 2 aliphatic rings. The predicted molar refractivity (Wildman–Crippen MR) is 88.8 cm³/mol. The monoisotopic (exact) mass is 311 g/mol. The van der Waals surface area contributed by atoms with Crippen molar-refractivity contribution in [3.63, 3.8) is 0 Å². The van der Waals surface area contributed by atoms with Crippen LogP contribution in [0.5, 0.6) is 0 Å². The first kappa shape index (κ1) is 14.9. The molecule has 0 aromatic carbocycles. The second-order valence-electron chi connectivity index (χ2n) is 5.78. The van der Waals surface area contributed by atoms with Gasteiger partial charge in [-0.25, -0.2) is 0 Å². The van der Waals surface area contributed by atoms with Crippen LogP contribution in [0.1, 0.15) is 47.5 Å². The van der Waals surface area contributed by atoms with Crippen molar-refractivity contribution in [2.45, 2.75) is 44.4 Å². The van der Waals surface area contributed by atoms with Crippen LogP contribution in [0.4, 0.5) is 0 Å². The first-order valence-corrected chi connectivity index (χ1v) is 9.86. The van der Waals surface area contributed by atoms with Gasteiger partial charge >= 0.3 is 0 Å². The maximum Gasteiger partial charge on any atom is 0.0469 e. The van der Waals surface area contributed by atoms with Gasteiger partial charge in [0.15, 0.2) is 0 Å². The van der Waals surface area contributed by atoms with Crippen LogP contribution in [0.15, 0.2) is 6.07 Å². The molecule has 0 aliphatic carbocycles. The van der Waals surface area contributed by atoms with E-state index in [1.54, 1.807) is 15.3 Å². The molecule has 3 rings (SSSR count). The van der Waals surface area contributed by atoms with E-state index < -0.39 is 0 Å². The SMILES string of the molecule is CCCNC(c1cc2c(s1)CCSC2)C1CCOCC1. The first-order valence-electron chi connectivity index (χ1n) is 7.89. The smallest absolute Gasteiger partial charge is 0.0469 e. The van der Waals surface area contributed by atoms with Crippen LogP contribution >= 0.6 is 23.1 Å². The summed E-state index contributed by atoms with van der Waals surface area (Å²) in [5, 5.41) is 3.81. The molecule has 0 saturated carbocycles. The lowest BCUT2D eigenvalue weighted by Gasteiger charge is -2.30. The third kappa shape index (κ3) is 3.41. The average Bonchev–Trinajstić information content (AvgIpc) is 2.92. The molecule has 1 aromatic heterocycles. The fourth-order valence-electron chi connectivity index (χ4n) is 3.17. The summed E-state index contributed by atoms with van der Waals surface area (Å²) in [6.45, 7) is 5.26. The molecule has 3 heterocycles. The molecule has 0 bridgehead atoms. The number of hydrogen-bond acceptors (Lipinski definition) is 4. The summed E-state index contributed by atoms with van der Waals surface area (Å²) in [4.78, 5) is 3.23. The Morgan fingerprint density at radius 2 is 2.25 bits per heavy atom. The lowest BCUT2D eigenvalue weighted by atomic mass is 9.90. The summed E-state index contributed by atoms with van der Waals surface area (Å²) in [5.74, 6) is 3.28. The zero-order valence-electron chi connectivity index (χ0n) is 12.3. The molecule has 2 aliphatic heterocycles. The Kier molecular flexibility index (Phi) is 5.43. The van der Waals surface area contributed by atoms with Gasteiger partial charge in [-0.2, -0.15) is 11.8 Å². The highest BCUT2D eigenvalue weighted by atomic mass is 32.2. The summed E-state index contributed by atoms with van der Waals surface area (Å²) in [6, 6.07) is 3.05. The van der Waals surface area contributed by atoms with Crippen molar-refractivity contribution in [1.82, 2.24) is 5.32 Å². The molecular weight excluding hydrogens is 286 g/mol. The van der Waals surface area contributed by atoms with Gasteiger partial charge in [0.05, 0.1) is 0 Å². The third-order valence-corrected chi connectivity index (χ3v) is 6.63. The van der Waals surface area contributed by atoms with Gasteiger partial charge in [-0.05, 0) is 55.5 Å². The van der Waals surface area contributed by atoms with Crippen molar-refractivity contribution >= 4 is 23.1 Å². The quantitative estimate of drug-likeness (QED) is 0.888. The molecule has 0 amide bonds. The Morgan fingerprint density at radius 3 is 3.00 bits per heavy atom. The predicted octanol–water partition coefficient (Wildman–Crippen LogP) is 4.00. The highest BCUT2D eigenvalue weighted by molar-refractivity contribution is 7.98. The summed E-state index contributed by atoms with van der Waals surface area (Å²) < 4.78 is 5.54. The van der Waals surface area contributed by atoms with E-state index >= 15 is 0 Å². The lowest BCUT2D eigenvalue weighted by molar-refractivity contribution is 0.0540. The maximum absolute atomic E-state index is 5.54. The normalized spacial score (nSPS) is 21.6. The van der Waals surface area contributed by atoms with Crippen molar-refractivity contribution in [2.75, 3.05) is 25.5 Å². The molecule has 1 atom stereocenters. The topological polar surface area (TPSA) is 21.3 Å². The van der Waals surface area contributed by atoms with E-state index in [4.69, 9.17) is 4.74 Å².